The number of piperidine rings is 1. The fourth-order valence-corrected chi connectivity index (χ4v) is 6.52. The summed E-state index contributed by atoms with van der Waals surface area (Å²) in [5.74, 6) is 1.72. The van der Waals surface area contributed by atoms with Gasteiger partial charge in [-0.2, -0.15) is 5.26 Å². The van der Waals surface area contributed by atoms with Gasteiger partial charge in [-0.15, -0.1) is 0 Å². The summed E-state index contributed by atoms with van der Waals surface area (Å²) in [6, 6.07) is 11.9. The van der Waals surface area contributed by atoms with Crippen molar-refractivity contribution in [1.29, 1.82) is 5.26 Å². The highest BCUT2D eigenvalue weighted by Crippen LogP contribution is 2.64. The number of carbonyl (C=O) groups is 2. The topological polar surface area (TPSA) is 94.0 Å². The quantitative estimate of drug-likeness (QED) is 0.661. The lowest BCUT2D eigenvalue weighted by atomic mass is 9.94. The number of rotatable bonds is 5. The number of hydrogen-bond donors (Lipinski definition) is 3. The van der Waals surface area contributed by atoms with E-state index >= 15 is 0 Å². The molecule has 2 heterocycles. The second kappa shape index (κ2) is 7.39. The fraction of sp³-hybridized carbons (Fsp3) is 0.423. The molecule has 7 heteroatoms. The molecule has 33 heavy (non-hydrogen) atoms. The molecule has 2 saturated carbocycles. The van der Waals surface area contributed by atoms with Crippen molar-refractivity contribution in [3.8, 4) is 17.2 Å². The largest absolute Gasteiger partial charge is 0.348 e. The highest BCUT2D eigenvalue weighted by molar-refractivity contribution is 5.98. The zero-order valence-electron chi connectivity index (χ0n) is 18.3. The van der Waals surface area contributed by atoms with E-state index in [0.717, 1.165) is 17.5 Å². The number of halogens is 1. The minimum absolute atomic E-state index is 0.0882. The monoisotopic (exact) mass is 444 g/mol. The molecule has 2 bridgehead atoms. The smallest absolute Gasteiger partial charge is 0.251 e. The molecule has 0 radical (unpaired) electrons. The summed E-state index contributed by atoms with van der Waals surface area (Å²) in [5.41, 5.74) is 3.47. The first kappa shape index (κ1) is 20.4. The van der Waals surface area contributed by atoms with Crippen molar-refractivity contribution >= 4 is 11.8 Å². The molecule has 2 aliphatic heterocycles. The van der Waals surface area contributed by atoms with Gasteiger partial charge in [0.15, 0.2) is 0 Å². The average molecular weight is 445 g/mol. The Balaban J connectivity index is 1.14. The van der Waals surface area contributed by atoms with E-state index in [9.17, 15) is 19.2 Å². The van der Waals surface area contributed by atoms with Crippen molar-refractivity contribution in [2.75, 3.05) is 0 Å². The second-order valence-corrected chi connectivity index (χ2v) is 9.92. The summed E-state index contributed by atoms with van der Waals surface area (Å²) >= 11 is 0. The zero-order chi connectivity index (χ0) is 22.9. The number of amides is 2. The van der Waals surface area contributed by atoms with Crippen LogP contribution in [-0.2, 0) is 17.8 Å². The lowest BCUT2D eigenvalue weighted by molar-refractivity contribution is -0.124. The minimum atomic E-state index is -0.789. The molecule has 2 aromatic carbocycles. The Morgan fingerprint density at radius 3 is 2.79 bits per heavy atom. The van der Waals surface area contributed by atoms with Gasteiger partial charge in [0.1, 0.15) is 11.9 Å². The van der Waals surface area contributed by atoms with Gasteiger partial charge in [0.2, 0.25) is 5.91 Å². The average Bonchev–Trinajstić information content (AvgIpc) is 3.16. The molecule has 0 aromatic heterocycles. The summed E-state index contributed by atoms with van der Waals surface area (Å²) in [4.78, 5) is 24.6. The molecule has 0 spiro atoms. The van der Waals surface area contributed by atoms with Crippen LogP contribution in [0.1, 0.15) is 34.8 Å². The SMILES string of the molecule is CC1C2C3CC(C(C(=O)NC(C#N)Cc4ccc(-c5ccc6c(c5)CNC6=O)cc4F)N3)C12. The van der Waals surface area contributed by atoms with Gasteiger partial charge in [-0.3, -0.25) is 9.59 Å². The van der Waals surface area contributed by atoms with Crippen molar-refractivity contribution in [1.82, 2.24) is 16.0 Å². The maximum atomic E-state index is 14.9. The van der Waals surface area contributed by atoms with Crippen LogP contribution in [-0.4, -0.2) is 29.9 Å². The van der Waals surface area contributed by atoms with Crippen LogP contribution in [0.3, 0.4) is 0 Å². The third kappa shape index (κ3) is 3.24. The predicted molar refractivity (Wildman–Crippen MR) is 119 cm³/mol. The van der Waals surface area contributed by atoms with E-state index in [2.05, 4.69) is 28.9 Å². The maximum absolute atomic E-state index is 14.9. The van der Waals surface area contributed by atoms with Crippen molar-refractivity contribution in [2.24, 2.45) is 23.7 Å². The van der Waals surface area contributed by atoms with Crippen molar-refractivity contribution < 1.29 is 14.0 Å². The second-order valence-electron chi connectivity index (χ2n) is 9.92. The van der Waals surface area contributed by atoms with E-state index in [1.165, 1.54) is 6.07 Å². The summed E-state index contributed by atoms with van der Waals surface area (Å²) < 4.78 is 14.9. The van der Waals surface area contributed by atoms with Crippen LogP contribution in [0.5, 0.6) is 0 Å². The lowest BCUT2D eigenvalue weighted by Gasteiger charge is -2.23. The molecule has 3 N–H and O–H groups in total. The van der Waals surface area contributed by atoms with Gasteiger partial charge in [-0.25, -0.2) is 4.39 Å². The maximum Gasteiger partial charge on any atom is 0.251 e. The molecular weight excluding hydrogens is 419 g/mol. The van der Waals surface area contributed by atoms with Crippen LogP contribution in [0, 0.1) is 40.8 Å². The van der Waals surface area contributed by atoms with Gasteiger partial charge in [0, 0.05) is 24.6 Å². The first-order valence-electron chi connectivity index (χ1n) is 11.6. The molecule has 7 atom stereocenters. The van der Waals surface area contributed by atoms with E-state index in [4.69, 9.17) is 0 Å². The number of hydrogen-bond acceptors (Lipinski definition) is 4. The number of nitrogens with one attached hydrogen (secondary N) is 3. The molecule has 3 fully saturated rings. The summed E-state index contributed by atoms with van der Waals surface area (Å²) in [6.07, 6.45) is 1.15. The standard InChI is InChI=1S/C26H25FN4O2/c1-12-22-19-9-21(23(12)22)31-24(19)26(33)30-17(10-28)7-15-3-2-14(8-20(15)27)13-4-5-18-16(6-13)11-29-25(18)32/h2-6,8,12,17,19,21-24,31H,7,9,11H2,1H3,(H,29,32)(H,30,33). The third-order valence-electron chi connectivity index (χ3n) is 8.18. The van der Waals surface area contributed by atoms with Gasteiger partial charge in [-0.05, 0) is 70.5 Å². The zero-order valence-corrected chi connectivity index (χ0v) is 18.3. The Kier molecular flexibility index (Phi) is 4.56. The van der Waals surface area contributed by atoms with Crippen molar-refractivity contribution in [2.45, 2.75) is 44.4 Å². The first-order valence-corrected chi connectivity index (χ1v) is 11.6. The predicted octanol–water partition coefficient (Wildman–Crippen LogP) is 2.53. The number of benzene rings is 2. The minimum Gasteiger partial charge on any atom is -0.348 e. The molecule has 168 valence electrons. The van der Waals surface area contributed by atoms with Gasteiger partial charge in [-0.1, -0.05) is 25.1 Å². The summed E-state index contributed by atoms with van der Waals surface area (Å²) in [6.45, 7) is 2.73. The molecular formula is C26H25FN4O2. The fourth-order valence-electron chi connectivity index (χ4n) is 6.52. The highest BCUT2D eigenvalue weighted by atomic mass is 19.1. The molecule has 2 aliphatic carbocycles. The van der Waals surface area contributed by atoms with Crippen molar-refractivity contribution in [3.63, 3.8) is 0 Å². The number of nitriles is 1. The van der Waals surface area contributed by atoms with E-state index in [1.807, 2.05) is 18.2 Å². The van der Waals surface area contributed by atoms with E-state index in [-0.39, 0.29) is 24.3 Å². The van der Waals surface area contributed by atoms with Crippen LogP contribution < -0.4 is 16.0 Å². The number of fused-ring (bicyclic) bond motifs is 6. The van der Waals surface area contributed by atoms with Crippen LogP contribution in [0.2, 0.25) is 0 Å². The van der Waals surface area contributed by atoms with E-state index in [0.29, 0.717) is 52.9 Å². The van der Waals surface area contributed by atoms with Crippen LogP contribution in [0.15, 0.2) is 36.4 Å². The molecule has 6 rings (SSSR count). The first-order chi connectivity index (χ1) is 15.9. The molecule has 2 aromatic rings. The lowest BCUT2D eigenvalue weighted by Crippen LogP contribution is -2.51. The normalized spacial score (nSPS) is 31.4. The Morgan fingerprint density at radius 1 is 1.24 bits per heavy atom. The van der Waals surface area contributed by atoms with E-state index < -0.39 is 11.9 Å². The Labute approximate surface area is 191 Å². The van der Waals surface area contributed by atoms with Crippen LogP contribution >= 0.6 is 0 Å². The number of nitrogens with zero attached hydrogens (tertiary/aromatic N) is 1. The van der Waals surface area contributed by atoms with Crippen LogP contribution in [0.25, 0.3) is 11.1 Å². The Morgan fingerprint density at radius 2 is 2.03 bits per heavy atom. The molecule has 4 aliphatic rings. The van der Waals surface area contributed by atoms with E-state index in [1.54, 1.807) is 12.1 Å². The molecule has 7 unspecified atom stereocenters. The Bertz CT molecular complexity index is 1220. The van der Waals surface area contributed by atoms with Gasteiger partial charge < -0.3 is 16.0 Å². The van der Waals surface area contributed by atoms with Gasteiger partial charge in [0.05, 0.1) is 12.1 Å². The van der Waals surface area contributed by atoms with Gasteiger partial charge in [0.25, 0.3) is 5.91 Å². The molecule has 2 amide bonds. The number of carbonyl (C=O) groups excluding carboxylic acids is 2. The summed E-state index contributed by atoms with van der Waals surface area (Å²) in [5, 5.41) is 18.7. The third-order valence-corrected chi connectivity index (χ3v) is 8.18. The highest BCUT2D eigenvalue weighted by Gasteiger charge is 2.67. The molecule has 1 saturated heterocycles. The van der Waals surface area contributed by atoms with Crippen molar-refractivity contribution in [3.05, 3.63) is 58.9 Å². The molecule has 6 nitrogen and oxygen atoms in total. The van der Waals surface area contributed by atoms with Crippen LogP contribution in [0.4, 0.5) is 4.39 Å². The van der Waals surface area contributed by atoms with Gasteiger partial charge >= 0.3 is 0 Å². The Hall–Kier alpha value is -3.24. The summed E-state index contributed by atoms with van der Waals surface area (Å²) in [7, 11) is 0.